The van der Waals surface area contributed by atoms with Gasteiger partial charge in [0.2, 0.25) is 0 Å². The number of aliphatic hydroxyl groups is 1. The van der Waals surface area contributed by atoms with E-state index in [1.54, 1.807) is 27.5 Å². The van der Waals surface area contributed by atoms with E-state index in [4.69, 9.17) is 15.1 Å². The maximum absolute atomic E-state index is 10.2. The average molecular weight is 421 g/mol. The lowest BCUT2D eigenvalue weighted by Gasteiger charge is -2.37. The molecule has 1 aromatic carbocycles. The van der Waals surface area contributed by atoms with Crippen molar-refractivity contribution in [2.24, 2.45) is 10.7 Å². The van der Waals surface area contributed by atoms with Crippen LogP contribution in [-0.4, -0.2) is 67.9 Å². The molecule has 29 heavy (non-hydrogen) atoms. The molecule has 0 aromatic heterocycles. The fourth-order valence-corrected chi connectivity index (χ4v) is 2.68. The lowest BCUT2D eigenvalue weighted by molar-refractivity contribution is -0.0893. The Bertz CT molecular complexity index is 698. The summed E-state index contributed by atoms with van der Waals surface area (Å²) in [5.41, 5.74) is 7.86. The van der Waals surface area contributed by atoms with E-state index in [1.165, 1.54) is 0 Å². The van der Waals surface area contributed by atoms with Crippen LogP contribution >= 0.6 is 10.0 Å². The first-order chi connectivity index (χ1) is 13.2. The number of aliphatic imine (C=N–C) groups is 1. The molecule has 163 valence electrons. The average Bonchev–Trinajstić information content (AvgIpc) is 2.58. The first kappa shape index (κ1) is 25.8. The second kappa shape index (κ2) is 10.7. The van der Waals surface area contributed by atoms with Gasteiger partial charge in [-0.2, -0.15) is 0 Å². The quantitative estimate of drug-likeness (QED) is 0.327. The van der Waals surface area contributed by atoms with E-state index in [9.17, 15) is 5.11 Å². The minimum atomic E-state index is -0.956. The Balaban J connectivity index is 2.68. The third-order valence-corrected chi connectivity index (χ3v) is 6.23. The van der Waals surface area contributed by atoms with Crippen LogP contribution in [0.1, 0.15) is 40.2 Å². The van der Waals surface area contributed by atoms with Gasteiger partial charge in [0.15, 0.2) is 0 Å². The van der Waals surface area contributed by atoms with E-state index < -0.39 is 21.2 Å². The summed E-state index contributed by atoms with van der Waals surface area (Å²) in [7, 11) is 1.12. The molecule has 0 heterocycles. The molecule has 0 aliphatic rings. The van der Waals surface area contributed by atoms with E-state index in [0.29, 0.717) is 12.4 Å². The predicted octanol–water partition coefficient (Wildman–Crippen LogP) is 2.93. The number of hydrogen-bond donors (Lipinski definition) is 2. The van der Waals surface area contributed by atoms with Gasteiger partial charge in [0, 0.05) is 23.2 Å². The highest BCUT2D eigenvalue weighted by Gasteiger charge is 2.35. The summed E-state index contributed by atoms with van der Waals surface area (Å²) in [5, 5.41) is 10.2. The Morgan fingerprint density at radius 3 is 2.24 bits per heavy atom. The molecule has 0 amide bonds. The number of nitrogens with zero attached hydrogens (tertiary/aromatic N) is 1. The lowest BCUT2D eigenvalue weighted by Crippen LogP contribution is -2.49. The van der Waals surface area contributed by atoms with Crippen molar-refractivity contribution in [1.82, 2.24) is 0 Å². The van der Waals surface area contributed by atoms with Gasteiger partial charge < -0.3 is 20.2 Å². The van der Waals surface area contributed by atoms with Gasteiger partial charge in [-0.1, -0.05) is 29.7 Å². The normalized spacial score (nSPS) is 14.8. The third kappa shape index (κ3) is 9.38. The van der Waals surface area contributed by atoms with E-state index in [2.05, 4.69) is 23.8 Å². The Morgan fingerprint density at radius 1 is 1.17 bits per heavy atom. The number of ether oxygens (including phenoxy) is 1. The molecule has 0 saturated carbocycles. The summed E-state index contributed by atoms with van der Waals surface area (Å²) in [4.78, 5) is 4.37. The Hall–Kier alpha value is -1.28. The van der Waals surface area contributed by atoms with Crippen LogP contribution in [0.5, 0.6) is 0 Å². The van der Waals surface area contributed by atoms with Crippen molar-refractivity contribution in [2.45, 2.75) is 45.8 Å². The van der Waals surface area contributed by atoms with Gasteiger partial charge in [0.25, 0.3) is 0 Å². The van der Waals surface area contributed by atoms with Crippen LogP contribution in [0.3, 0.4) is 0 Å². The van der Waals surface area contributed by atoms with Gasteiger partial charge in [0.1, 0.15) is 6.73 Å². The largest absolute Gasteiger partial charge is 0.427 e. The van der Waals surface area contributed by atoms with E-state index in [0.717, 1.165) is 29.0 Å². The zero-order chi connectivity index (χ0) is 22.3. The smallest absolute Gasteiger partial charge is 0.330 e. The number of benzene rings is 1. The number of hydrogen-bond acceptors (Lipinski definition) is 5. The topological polar surface area (TPSA) is 77.1 Å². The van der Waals surface area contributed by atoms with Crippen molar-refractivity contribution in [3.05, 3.63) is 35.5 Å². The highest BCUT2D eigenvalue weighted by Crippen LogP contribution is 2.33. The highest BCUT2D eigenvalue weighted by molar-refractivity contribution is 8.32. The number of nitrogens with two attached hydrogens (primary N) is 1. The molecular weight excluding hydrogens is 383 g/mol. The molecule has 0 spiro atoms. The molecule has 0 unspecified atom stereocenters. The van der Waals surface area contributed by atoms with Crippen LogP contribution < -0.4 is 11.2 Å². The summed E-state index contributed by atoms with van der Waals surface area (Å²) in [6, 6.07) is 7.87. The molecule has 0 aliphatic carbocycles. The van der Waals surface area contributed by atoms with Gasteiger partial charge >= 0.3 is 7.48 Å². The summed E-state index contributed by atoms with van der Waals surface area (Å²) >= 11 is 0. The van der Waals surface area contributed by atoms with Gasteiger partial charge in [-0.25, -0.2) is 10.0 Å². The fourth-order valence-electron chi connectivity index (χ4n) is 2.06. The van der Waals surface area contributed by atoms with Crippen molar-refractivity contribution in [1.29, 1.82) is 0 Å². The van der Waals surface area contributed by atoms with E-state index >= 15 is 0 Å². The lowest BCUT2D eigenvalue weighted by atomic mass is 9.82. The summed E-state index contributed by atoms with van der Waals surface area (Å²) < 4.78 is 11.4. The molecule has 1 aromatic rings. The molecule has 0 aliphatic heterocycles. The van der Waals surface area contributed by atoms with Crippen molar-refractivity contribution in [3.8, 4) is 0 Å². The Labute approximate surface area is 179 Å². The van der Waals surface area contributed by atoms with E-state index in [1.807, 2.05) is 45.0 Å². The zero-order valence-electron chi connectivity index (χ0n) is 19.3. The summed E-state index contributed by atoms with van der Waals surface area (Å²) in [6.45, 7) is 10.1. The Morgan fingerprint density at radius 2 is 1.76 bits per heavy atom. The van der Waals surface area contributed by atoms with Crippen LogP contribution in [0.2, 0.25) is 0 Å². The fraction of sp³-hybridized carbons (Fsp3) is 0.591. The summed E-state index contributed by atoms with van der Waals surface area (Å²) in [6.07, 6.45) is 8.59. The highest BCUT2D eigenvalue weighted by atomic mass is 32.3. The molecule has 0 atom stereocenters. The van der Waals surface area contributed by atoms with Crippen LogP contribution in [0.4, 0.5) is 0 Å². The van der Waals surface area contributed by atoms with Gasteiger partial charge in [-0.3, -0.25) is 4.99 Å². The van der Waals surface area contributed by atoms with Crippen LogP contribution in [0, 0.1) is 0 Å². The third-order valence-electron chi connectivity index (χ3n) is 4.84. The monoisotopic (exact) mass is 421 g/mol. The molecule has 0 saturated heterocycles. The number of allylic oxidation sites excluding steroid dienone is 2. The first-order valence-electron chi connectivity index (χ1n) is 9.77. The first-order valence-corrected chi connectivity index (χ1v) is 12.8. The minimum absolute atomic E-state index is 0.331. The molecule has 1 rings (SSSR count). The molecule has 0 fully saturated rings. The van der Waals surface area contributed by atoms with Crippen molar-refractivity contribution >= 4 is 34.8 Å². The number of rotatable bonds is 11. The predicted molar refractivity (Wildman–Crippen MR) is 130 cm³/mol. The maximum atomic E-state index is 10.2. The second-order valence-electron chi connectivity index (χ2n) is 9.17. The van der Waals surface area contributed by atoms with Crippen molar-refractivity contribution < 1.29 is 14.5 Å². The van der Waals surface area contributed by atoms with Crippen LogP contribution in [-0.2, 0) is 9.39 Å². The van der Waals surface area contributed by atoms with Gasteiger partial charge in [0.05, 0.1) is 17.8 Å². The van der Waals surface area contributed by atoms with Crippen LogP contribution in [0.25, 0.3) is 5.57 Å². The van der Waals surface area contributed by atoms with Crippen molar-refractivity contribution in [3.63, 3.8) is 0 Å². The Kier molecular flexibility index (Phi) is 9.47. The van der Waals surface area contributed by atoms with E-state index in [-0.39, 0.29) is 0 Å². The van der Waals surface area contributed by atoms with Crippen LogP contribution in [0.15, 0.2) is 35.0 Å². The summed E-state index contributed by atoms with van der Waals surface area (Å²) in [5.74, 6) is 1.07. The van der Waals surface area contributed by atoms with Crippen molar-refractivity contribution in [2.75, 3.05) is 37.9 Å². The second-order valence-corrected chi connectivity index (χ2v) is 13.8. The SMILES string of the molecule is C/C(N)=C(/C=N/COCCS(C)(C)C)c1ccc([B]OC(C)(C)C(C)(C)O)cc1. The molecule has 1 radical (unpaired) electrons. The molecule has 7 heteroatoms. The standard InChI is InChI=1S/C22H38BN2O3S/c1-17(24)20(15-25-16-27-13-14-29(6,7)8)18-9-11-19(12-10-18)23-28-22(4,5)21(2,3)26/h9-12,15,26H,13-14,16,24H2,1-8H3/b20-17+,25-15+. The molecule has 0 bridgehead atoms. The zero-order valence-corrected chi connectivity index (χ0v) is 20.1. The minimum Gasteiger partial charge on any atom is -0.427 e. The van der Waals surface area contributed by atoms with Gasteiger partial charge in [-0.15, -0.1) is 0 Å². The molecule has 3 N–H and O–H groups in total. The maximum Gasteiger partial charge on any atom is 0.330 e. The molecule has 5 nitrogen and oxygen atoms in total. The van der Waals surface area contributed by atoms with Gasteiger partial charge in [-0.05, 0) is 58.9 Å². The molecular formula is C22H38BN2O3S.